The molecule has 1 fully saturated rings. The Morgan fingerprint density at radius 1 is 1.27 bits per heavy atom. The third-order valence-corrected chi connectivity index (χ3v) is 6.08. The van der Waals surface area contributed by atoms with Crippen molar-refractivity contribution in [3.63, 3.8) is 0 Å². The highest BCUT2D eigenvalue weighted by molar-refractivity contribution is 7.13. The van der Waals surface area contributed by atoms with Crippen LogP contribution in [0.25, 0.3) is 10.8 Å². The zero-order chi connectivity index (χ0) is 20.8. The minimum atomic E-state index is 0.143. The van der Waals surface area contributed by atoms with Gasteiger partial charge in [-0.3, -0.25) is 0 Å². The van der Waals surface area contributed by atoms with Crippen molar-refractivity contribution in [2.75, 3.05) is 24.5 Å². The molecule has 1 aliphatic rings. The van der Waals surface area contributed by atoms with Crippen molar-refractivity contribution in [3.05, 3.63) is 59.3 Å². The number of oxazole rings is 1. The van der Waals surface area contributed by atoms with Crippen LogP contribution in [0.2, 0.25) is 0 Å². The van der Waals surface area contributed by atoms with Crippen molar-refractivity contribution in [1.29, 1.82) is 0 Å². The Labute approximate surface area is 182 Å². The molecule has 0 saturated carbocycles. The standard InChI is InChI=1S/C23H29N5OS/c1-3-24-23(25-15-19-16-29-22(27-19)21-10-7-13-30-21)26-17(2)18-8-6-9-20(14-18)28-11-4-5-12-28/h6-10,13-14,16-17H,3-5,11-12,15H2,1-2H3,(H2,24,25,26). The normalized spacial score (nSPS) is 15.4. The van der Waals surface area contributed by atoms with Crippen molar-refractivity contribution in [2.24, 2.45) is 4.99 Å². The summed E-state index contributed by atoms with van der Waals surface area (Å²) >= 11 is 1.62. The van der Waals surface area contributed by atoms with Crippen LogP contribution in [0.5, 0.6) is 0 Å². The van der Waals surface area contributed by atoms with E-state index in [4.69, 9.17) is 9.41 Å². The van der Waals surface area contributed by atoms with Gasteiger partial charge in [-0.25, -0.2) is 9.98 Å². The Hall–Kier alpha value is -2.80. The number of thiophene rings is 1. The summed E-state index contributed by atoms with van der Waals surface area (Å²) < 4.78 is 5.60. The topological polar surface area (TPSA) is 65.7 Å². The van der Waals surface area contributed by atoms with Gasteiger partial charge in [0.1, 0.15) is 12.0 Å². The first kappa shape index (κ1) is 20.5. The molecule has 0 bridgehead atoms. The van der Waals surface area contributed by atoms with E-state index < -0.39 is 0 Å². The molecule has 4 rings (SSSR count). The second-order valence-electron chi connectivity index (χ2n) is 7.47. The molecular weight excluding hydrogens is 394 g/mol. The average molecular weight is 424 g/mol. The van der Waals surface area contributed by atoms with E-state index in [1.165, 1.54) is 24.1 Å². The van der Waals surface area contributed by atoms with Gasteiger partial charge in [-0.15, -0.1) is 11.3 Å². The molecular formula is C23H29N5OS. The number of rotatable bonds is 7. The molecule has 158 valence electrons. The summed E-state index contributed by atoms with van der Waals surface area (Å²) in [6.45, 7) is 7.80. The highest BCUT2D eigenvalue weighted by atomic mass is 32.1. The second kappa shape index (κ2) is 9.80. The van der Waals surface area contributed by atoms with E-state index in [-0.39, 0.29) is 6.04 Å². The monoisotopic (exact) mass is 423 g/mol. The fraction of sp³-hybridized carbons (Fsp3) is 0.391. The maximum atomic E-state index is 5.60. The maximum Gasteiger partial charge on any atom is 0.236 e. The molecule has 3 aromatic rings. The van der Waals surface area contributed by atoms with Crippen LogP contribution in [0.3, 0.4) is 0 Å². The van der Waals surface area contributed by atoms with Crippen molar-refractivity contribution in [1.82, 2.24) is 15.6 Å². The SMILES string of the molecule is CCNC(=NCc1coc(-c2cccs2)n1)NC(C)c1cccc(N2CCCC2)c1. The number of aliphatic imine (C=N–C) groups is 1. The molecule has 1 atom stereocenters. The van der Waals surface area contributed by atoms with Gasteiger partial charge >= 0.3 is 0 Å². The van der Waals surface area contributed by atoms with E-state index in [1.54, 1.807) is 17.6 Å². The van der Waals surface area contributed by atoms with Gasteiger partial charge in [0.25, 0.3) is 0 Å². The number of nitrogens with one attached hydrogen (secondary N) is 2. The van der Waals surface area contributed by atoms with Crippen LogP contribution in [0.1, 0.15) is 44.0 Å². The third-order valence-electron chi connectivity index (χ3n) is 5.22. The number of aromatic nitrogens is 1. The molecule has 0 radical (unpaired) electrons. The van der Waals surface area contributed by atoms with Crippen LogP contribution >= 0.6 is 11.3 Å². The fourth-order valence-corrected chi connectivity index (χ4v) is 4.28. The van der Waals surface area contributed by atoms with Gasteiger partial charge < -0.3 is 20.0 Å². The van der Waals surface area contributed by atoms with E-state index in [9.17, 15) is 0 Å². The number of benzene rings is 1. The van der Waals surface area contributed by atoms with Crippen molar-refractivity contribution in [3.8, 4) is 10.8 Å². The lowest BCUT2D eigenvalue weighted by Gasteiger charge is -2.22. The van der Waals surface area contributed by atoms with Crippen LogP contribution in [-0.2, 0) is 6.54 Å². The average Bonchev–Trinajstić information content (AvgIpc) is 3.54. The first-order valence-corrected chi connectivity index (χ1v) is 11.5. The third kappa shape index (κ3) is 5.02. The Bertz CT molecular complexity index is 960. The van der Waals surface area contributed by atoms with Crippen molar-refractivity contribution < 1.29 is 4.42 Å². The predicted molar refractivity (Wildman–Crippen MR) is 124 cm³/mol. The largest absolute Gasteiger partial charge is 0.443 e. The lowest BCUT2D eigenvalue weighted by Crippen LogP contribution is -2.38. The molecule has 0 amide bonds. The molecule has 2 N–H and O–H groups in total. The lowest BCUT2D eigenvalue weighted by molar-refractivity contribution is 0.574. The Kier molecular flexibility index (Phi) is 6.69. The molecule has 1 aliphatic heterocycles. The first-order chi connectivity index (χ1) is 14.7. The van der Waals surface area contributed by atoms with E-state index in [1.807, 2.05) is 17.5 Å². The van der Waals surface area contributed by atoms with E-state index >= 15 is 0 Å². The van der Waals surface area contributed by atoms with E-state index in [0.29, 0.717) is 12.4 Å². The minimum absolute atomic E-state index is 0.143. The summed E-state index contributed by atoms with van der Waals surface area (Å²) in [5.41, 5.74) is 3.38. The molecule has 0 aliphatic carbocycles. The Balaban J connectivity index is 1.42. The molecule has 1 saturated heterocycles. The molecule has 6 nitrogen and oxygen atoms in total. The van der Waals surface area contributed by atoms with Gasteiger partial charge in [-0.1, -0.05) is 18.2 Å². The molecule has 1 aromatic carbocycles. The molecule has 30 heavy (non-hydrogen) atoms. The zero-order valence-corrected chi connectivity index (χ0v) is 18.4. The highest BCUT2D eigenvalue weighted by Crippen LogP contribution is 2.25. The number of hydrogen-bond donors (Lipinski definition) is 2. The van der Waals surface area contributed by atoms with Gasteiger partial charge in [0, 0.05) is 25.3 Å². The predicted octanol–water partition coefficient (Wildman–Crippen LogP) is 4.82. The van der Waals surface area contributed by atoms with Crippen LogP contribution < -0.4 is 15.5 Å². The second-order valence-corrected chi connectivity index (χ2v) is 8.42. The summed E-state index contributed by atoms with van der Waals surface area (Å²) in [6, 6.07) is 13.0. The first-order valence-electron chi connectivity index (χ1n) is 10.6. The summed E-state index contributed by atoms with van der Waals surface area (Å²) in [4.78, 5) is 12.8. The van der Waals surface area contributed by atoms with Crippen LogP contribution in [0.15, 0.2) is 57.5 Å². The van der Waals surface area contributed by atoms with Gasteiger partial charge in [0.15, 0.2) is 5.96 Å². The van der Waals surface area contributed by atoms with Gasteiger partial charge in [-0.05, 0) is 55.8 Å². The highest BCUT2D eigenvalue weighted by Gasteiger charge is 2.15. The molecule has 7 heteroatoms. The maximum absolute atomic E-state index is 5.60. The van der Waals surface area contributed by atoms with Crippen LogP contribution in [0, 0.1) is 0 Å². The van der Waals surface area contributed by atoms with E-state index in [2.05, 4.69) is 58.6 Å². The Morgan fingerprint density at radius 3 is 2.90 bits per heavy atom. The van der Waals surface area contributed by atoms with Gasteiger partial charge in [0.05, 0.1) is 17.5 Å². The summed E-state index contributed by atoms with van der Waals surface area (Å²) in [5.74, 6) is 1.43. The number of hydrogen-bond acceptors (Lipinski definition) is 5. The summed E-state index contributed by atoms with van der Waals surface area (Å²) in [7, 11) is 0. The quantitative estimate of drug-likeness (QED) is 0.421. The molecule has 2 aromatic heterocycles. The molecule has 1 unspecified atom stereocenters. The smallest absolute Gasteiger partial charge is 0.236 e. The number of anilines is 1. The van der Waals surface area contributed by atoms with Crippen LogP contribution in [0.4, 0.5) is 5.69 Å². The minimum Gasteiger partial charge on any atom is -0.443 e. The zero-order valence-electron chi connectivity index (χ0n) is 17.6. The van der Waals surface area contributed by atoms with E-state index in [0.717, 1.165) is 36.2 Å². The van der Waals surface area contributed by atoms with Crippen molar-refractivity contribution >= 4 is 23.0 Å². The van der Waals surface area contributed by atoms with Gasteiger partial charge in [0.2, 0.25) is 5.89 Å². The number of guanidine groups is 1. The fourth-order valence-electron chi connectivity index (χ4n) is 3.63. The summed E-state index contributed by atoms with van der Waals surface area (Å²) in [6.07, 6.45) is 4.25. The number of nitrogens with zero attached hydrogens (tertiary/aromatic N) is 3. The Morgan fingerprint density at radius 2 is 2.13 bits per heavy atom. The van der Waals surface area contributed by atoms with Crippen molar-refractivity contribution in [2.45, 2.75) is 39.3 Å². The molecule has 0 spiro atoms. The summed E-state index contributed by atoms with van der Waals surface area (Å²) in [5, 5.41) is 8.87. The lowest BCUT2D eigenvalue weighted by atomic mass is 10.1. The molecule has 3 heterocycles. The van der Waals surface area contributed by atoms with Crippen LogP contribution in [-0.4, -0.2) is 30.6 Å². The van der Waals surface area contributed by atoms with Gasteiger partial charge in [-0.2, -0.15) is 0 Å².